The summed E-state index contributed by atoms with van der Waals surface area (Å²) in [6.07, 6.45) is 0. The van der Waals surface area contributed by atoms with Crippen LogP contribution in [0.4, 0.5) is 0 Å². The van der Waals surface area contributed by atoms with Gasteiger partial charge in [-0.1, -0.05) is 0 Å². The maximum absolute atomic E-state index is 10.4. The maximum atomic E-state index is 10.4. The molecular weight excluding hydrogens is 215 g/mol. The average Bonchev–Trinajstić information content (AvgIpc) is 1.80. The summed E-state index contributed by atoms with van der Waals surface area (Å²) in [6, 6.07) is 0. The van der Waals surface area contributed by atoms with E-state index in [1.165, 1.54) is 0 Å². The van der Waals surface area contributed by atoms with Gasteiger partial charge >= 0.3 is 51.9 Å². The van der Waals surface area contributed by atoms with Gasteiger partial charge in [0.1, 0.15) is 0 Å². The van der Waals surface area contributed by atoms with Gasteiger partial charge < -0.3 is 19.8 Å². The van der Waals surface area contributed by atoms with Gasteiger partial charge in [-0.15, -0.1) is 0 Å². The normalized spacial score (nSPS) is 8.73. The number of carboxylic acids is 2. The van der Waals surface area contributed by atoms with Crippen LogP contribution in [0.1, 0.15) is 34.6 Å². The first-order valence-electron chi connectivity index (χ1n) is 4.06. The fraction of sp³-hybridized carbons (Fsp3) is 0.667. The fourth-order valence-electron chi connectivity index (χ4n) is 0. The minimum atomic E-state index is -1.08. The zero-order valence-electron chi connectivity index (χ0n) is 9.62. The van der Waals surface area contributed by atoms with Gasteiger partial charge in [0, 0.05) is 11.9 Å². The molecule has 84 valence electrons. The van der Waals surface area contributed by atoms with Crippen molar-refractivity contribution in [2.24, 2.45) is 5.41 Å². The van der Waals surface area contributed by atoms with Crippen LogP contribution in [0.2, 0.25) is 0 Å². The van der Waals surface area contributed by atoms with E-state index < -0.39 is 11.9 Å². The van der Waals surface area contributed by atoms with Crippen LogP contribution >= 0.6 is 0 Å². The Morgan fingerprint density at radius 1 is 0.933 bits per heavy atom. The first kappa shape index (κ1) is 19.7. The molecular formula is C9H15AlO5. The molecule has 15 heavy (non-hydrogen) atoms. The Balaban J connectivity index is -0.000000155. The van der Waals surface area contributed by atoms with E-state index in [0.717, 1.165) is 13.8 Å². The van der Waals surface area contributed by atoms with E-state index in [4.69, 9.17) is 19.8 Å². The Hall–Kier alpha value is -0.858. The summed E-state index contributed by atoms with van der Waals surface area (Å²) in [5.74, 6) is -2.17. The molecule has 6 heteroatoms. The number of aliphatic carboxylic acids is 2. The number of carboxylic acid groups (broad SMARTS) is 2. The Kier molecular flexibility index (Phi) is 12.7. The summed E-state index contributed by atoms with van der Waals surface area (Å²) in [6.45, 7) is 7.62. The molecule has 0 saturated heterocycles. The summed E-state index contributed by atoms with van der Waals surface area (Å²) < 4.78 is 0.160. The predicted octanol–water partition coefficient (Wildman–Crippen LogP) is -1.76. The summed E-state index contributed by atoms with van der Waals surface area (Å²) >= 11 is 2.16. The Labute approximate surface area is 97.9 Å². The molecule has 0 N–H and O–H groups in total. The van der Waals surface area contributed by atoms with Crippen molar-refractivity contribution < 1.29 is 24.6 Å². The molecule has 0 atom stereocenters. The second kappa shape index (κ2) is 9.69. The minimum absolute atomic E-state index is 0.160. The number of carbonyl (C=O) groups is 3. The number of carbonyl (C=O) groups excluding carboxylic acids is 3. The van der Waals surface area contributed by atoms with Crippen molar-refractivity contribution in [3.05, 3.63) is 0 Å². The fourth-order valence-corrected chi connectivity index (χ4v) is 0. The molecule has 0 radical (unpaired) electrons. The molecule has 0 spiro atoms. The summed E-state index contributed by atoms with van der Waals surface area (Å²) in [7, 11) is 0. The van der Waals surface area contributed by atoms with Crippen LogP contribution < -0.4 is 10.2 Å². The van der Waals surface area contributed by atoms with Gasteiger partial charge in [0.25, 0.3) is 0 Å². The van der Waals surface area contributed by atoms with E-state index in [1.54, 1.807) is 0 Å². The van der Waals surface area contributed by atoms with Crippen LogP contribution in [0, 0.1) is 5.41 Å². The van der Waals surface area contributed by atoms with Crippen molar-refractivity contribution in [1.82, 2.24) is 0 Å². The van der Waals surface area contributed by atoms with Crippen LogP contribution in [0.3, 0.4) is 0 Å². The van der Waals surface area contributed by atoms with E-state index >= 15 is 0 Å². The van der Waals surface area contributed by atoms with Gasteiger partial charge in [-0.25, -0.2) is 0 Å². The van der Waals surface area contributed by atoms with Gasteiger partial charge in [-0.3, -0.25) is 0 Å². The number of rotatable bonds is 0. The van der Waals surface area contributed by atoms with E-state index in [0.29, 0.717) is 0 Å². The third-order valence-electron chi connectivity index (χ3n) is 0.739. The molecule has 0 saturated carbocycles. The second-order valence-electron chi connectivity index (χ2n) is 3.60. The summed E-state index contributed by atoms with van der Waals surface area (Å²) in [5.41, 5.74) is -0.176. The zero-order valence-corrected chi connectivity index (χ0v) is 10.8. The summed E-state index contributed by atoms with van der Waals surface area (Å²) in [4.78, 5) is 28.2. The number of hydrogen-bond acceptors (Lipinski definition) is 5. The predicted molar refractivity (Wildman–Crippen MR) is 51.6 cm³/mol. The van der Waals surface area contributed by atoms with E-state index in [2.05, 4.69) is 16.3 Å². The quantitative estimate of drug-likeness (QED) is 0.459. The van der Waals surface area contributed by atoms with Gasteiger partial charge in [-0.2, -0.15) is 0 Å². The standard InChI is InChI=1S/C5H9O.2C2H4O2.Al/c1-5(2,3)4-6;2*1-2(3)4;/h1-3H3;2*1H3,(H,3,4);/q;;;+2/p-2. The Morgan fingerprint density at radius 3 is 1.00 bits per heavy atom. The molecule has 0 aliphatic rings. The molecule has 0 aromatic heterocycles. The number of hydrogen-bond donors (Lipinski definition) is 0. The molecule has 0 amide bonds. The Bertz CT molecular complexity index is 197. The van der Waals surface area contributed by atoms with Crippen molar-refractivity contribution in [1.29, 1.82) is 0 Å². The van der Waals surface area contributed by atoms with E-state index in [9.17, 15) is 4.79 Å². The molecule has 0 bridgehead atoms. The van der Waals surface area contributed by atoms with Gasteiger partial charge in [-0.05, 0) is 13.8 Å². The molecule has 0 fully saturated rings. The van der Waals surface area contributed by atoms with Crippen LogP contribution in [0.15, 0.2) is 0 Å². The SMILES string of the molecule is CC(=O)[O-].CC(=O)[O-].CC(C)(C)[C](=O)[Al+2]. The van der Waals surface area contributed by atoms with Crippen LogP contribution in [0.25, 0.3) is 0 Å². The van der Waals surface area contributed by atoms with Crippen molar-refractivity contribution in [3.8, 4) is 0 Å². The molecule has 5 nitrogen and oxygen atoms in total. The van der Waals surface area contributed by atoms with Crippen LogP contribution in [-0.4, -0.2) is 32.9 Å². The van der Waals surface area contributed by atoms with Crippen molar-refractivity contribution in [3.63, 3.8) is 0 Å². The molecule has 0 aliphatic carbocycles. The van der Waals surface area contributed by atoms with Gasteiger partial charge in [0.15, 0.2) is 0 Å². The van der Waals surface area contributed by atoms with Crippen molar-refractivity contribution in [2.75, 3.05) is 0 Å². The van der Waals surface area contributed by atoms with E-state index in [1.807, 2.05) is 20.8 Å². The summed E-state index contributed by atoms with van der Waals surface area (Å²) in [5, 5.41) is 17.8. The second-order valence-corrected chi connectivity index (χ2v) is 4.12. The first-order chi connectivity index (χ1) is 6.41. The third-order valence-corrected chi connectivity index (χ3v) is 1.61. The molecule has 0 unspecified atom stereocenters. The zero-order chi connectivity index (χ0) is 13.2. The molecule has 0 heterocycles. The van der Waals surface area contributed by atoms with Crippen molar-refractivity contribution >= 4 is 32.9 Å². The van der Waals surface area contributed by atoms with Crippen molar-refractivity contribution in [2.45, 2.75) is 34.6 Å². The first-order valence-corrected chi connectivity index (χ1v) is 4.64. The van der Waals surface area contributed by atoms with E-state index in [-0.39, 0.29) is 10.1 Å². The molecule has 0 rings (SSSR count). The van der Waals surface area contributed by atoms with Crippen LogP contribution in [-0.2, 0) is 14.4 Å². The molecule has 0 aromatic carbocycles. The van der Waals surface area contributed by atoms with Gasteiger partial charge in [0.05, 0.1) is 0 Å². The topological polar surface area (TPSA) is 97.3 Å². The Morgan fingerprint density at radius 2 is 1.00 bits per heavy atom. The monoisotopic (exact) mass is 230 g/mol. The third kappa shape index (κ3) is 61.7. The average molecular weight is 230 g/mol. The molecule has 0 aromatic rings. The van der Waals surface area contributed by atoms with Gasteiger partial charge in [0.2, 0.25) is 0 Å². The van der Waals surface area contributed by atoms with Crippen LogP contribution in [0.5, 0.6) is 0 Å². The molecule has 0 aliphatic heterocycles.